The molecule has 29 heavy (non-hydrogen) atoms. The third-order valence-electron chi connectivity index (χ3n) is 11.1. The van der Waals surface area contributed by atoms with Gasteiger partial charge in [0.1, 0.15) is 5.78 Å². The minimum absolute atomic E-state index is 0.433. The first kappa shape index (κ1) is 20.5. The van der Waals surface area contributed by atoms with E-state index in [-0.39, 0.29) is 0 Å². The number of fused-ring (bicyclic) bond motifs is 7. The van der Waals surface area contributed by atoms with Crippen LogP contribution in [0.5, 0.6) is 0 Å². The number of carbonyl (C=O) groups is 1. The molecule has 0 aromatic rings. The summed E-state index contributed by atoms with van der Waals surface area (Å²) in [5, 5.41) is 0. The van der Waals surface area contributed by atoms with Crippen molar-refractivity contribution in [3.8, 4) is 0 Å². The van der Waals surface area contributed by atoms with Crippen LogP contribution in [-0.4, -0.2) is 18.0 Å². The van der Waals surface area contributed by atoms with Crippen molar-refractivity contribution in [1.29, 1.82) is 0 Å². The molecule has 1 heterocycles. The lowest BCUT2D eigenvalue weighted by atomic mass is 9.44. The molecule has 5 rings (SSSR count). The summed E-state index contributed by atoms with van der Waals surface area (Å²) < 4.78 is 6.79. The fourth-order valence-electron chi connectivity index (χ4n) is 9.56. The van der Waals surface area contributed by atoms with Crippen LogP contribution in [0.1, 0.15) is 98.8 Å². The van der Waals surface area contributed by atoms with Crippen LogP contribution in [0, 0.1) is 52.3 Å². The van der Waals surface area contributed by atoms with Crippen LogP contribution >= 0.6 is 0 Å². The van der Waals surface area contributed by atoms with Crippen LogP contribution in [0.3, 0.4) is 0 Å². The SMILES string of the molecule is CC(C)CC[C@H]1O[C@H]2C[C@H]3[C@@H]4CCC5CC(=O)CC[C@]5(C)[C@H]4CC[C@]3(C)[C@H]2[C@@H]1C. The summed E-state index contributed by atoms with van der Waals surface area (Å²) >= 11 is 0. The lowest BCUT2D eigenvalue weighted by molar-refractivity contribution is -0.140. The molecule has 0 amide bonds. The van der Waals surface area contributed by atoms with Crippen LogP contribution < -0.4 is 0 Å². The van der Waals surface area contributed by atoms with Gasteiger partial charge in [-0.1, -0.05) is 34.6 Å². The van der Waals surface area contributed by atoms with Crippen molar-refractivity contribution in [2.75, 3.05) is 0 Å². The standard InChI is InChI=1S/C27H44O2/c1-16(2)6-9-23-17(3)25-24(29-23)15-22-20-8-7-18-14-19(28)10-12-26(18,4)21(20)11-13-27(22,25)5/h16-18,20-25H,6-15H2,1-5H3/t17-,18?,20-,21+,22+,23-,24+,25+,26+,27+/m1/s1. The van der Waals surface area contributed by atoms with E-state index in [1.165, 1.54) is 44.9 Å². The highest BCUT2D eigenvalue weighted by Crippen LogP contribution is 2.69. The van der Waals surface area contributed by atoms with Gasteiger partial charge in [0.2, 0.25) is 0 Å². The highest BCUT2D eigenvalue weighted by molar-refractivity contribution is 5.79. The molecule has 164 valence electrons. The Bertz CT molecular complexity index is 655. The Labute approximate surface area is 178 Å². The predicted molar refractivity (Wildman–Crippen MR) is 118 cm³/mol. The molecule has 4 saturated carbocycles. The number of hydrogen-bond acceptors (Lipinski definition) is 2. The van der Waals surface area contributed by atoms with Crippen molar-refractivity contribution in [2.24, 2.45) is 52.3 Å². The van der Waals surface area contributed by atoms with E-state index < -0.39 is 0 Å². The zero-order valence-electron chi connectivity index (χ0n) is 19.6. The summed E-state index contributed by atoms with van der Waals surface area (Å²) in [6.45, 7) is 12.4. The maximum atomic E-state index is 12.1. The van der Waals surface area contributed by atoms with E-state index in [2.05, 4.69) is 34.6 Å². The van der Waals surface area contributed by atoms with Crippen LogP contribution in [0.4, 0.5) is 0 Å². The average molecular weight is 401 g/mol. The zero-order valence-corrected chi connectivity index (χ0v) is 19.6. The lowest BCUT2D eigenvalue weighted by Gasteiger charge is -2.60. The van der Waals surface area contributed by atoms with Gasteiger partial charge in [0.05, 0.1) is 12.2 Å². The normalized spacial score (nSPS) is 54.1. The molecule has 0 aromatic heterocycles. The van der Waals surface area contributed by atoms with E-state index >= 15 is 0 Å². The molecule has 10 atom stereocenters. The van der Waals surface area contributed by atoms with E-state index in [0.717, 1.165) is 54.8 Å². The smallest absolute Gasteiger partial charge is 0.133 e. The molecule has 0 bridgehead atoms. The van der Waals surface area contributed by atoms with Gasteiger partial charge in [-0.25, -0.2) is 0 Å². The number of Topliss-reactive ketones (excluding diaryl/α,β-unsaturated/α-hetero) is 1. The predicted octanol–water partition coefficient (Wildman–Crippen LogP) is 6.66. The van der Waals surface area contributed by atoms with Gasteiger partial charge in [-0.15, -0.1) is 0 Å². The number of rotatable bonds is 3. The highest BCUT2D eigenvalue weighted by atomic mass is 16.5. The molecule has 1 aliphatic heterocycles. The molecule has 2 heteroatoms. The van der Waals surface area contributed by atoms with Gasteiger partial charge >= 0.3 is 0 Å². The number of carbonyl (C=O) groups excluding carboxylic acids is 1. The Hall–Kier alpha value is -0.370. The van der Waals surface area contributed by atoms with Gasteiger partial charge in [0, 0.05) is 12.8 Å². The van der Waals surface area contributed by atoms with E-state index in [1.54, 1.807) is 0 Å². The second kappa shape index (κ2) is 7.07. The van der Waals surface area contributed by atoms with Crippen LogP contribution in [0.2, 0.25) is 0 Å². The molecule has 0 N–H and O–H groups in total. The Morgan fingerprint density at radius 1 is 1.07 bits per heavy atom. The maximum absolute atomic E-state index is 12.1. The minimum atomic E-state index is 0.433. The molecule has 2 nitrogen and oxygen atoms in total. The van der Waals surface area contributed by atoms with Gasteiger partial charge in [-0.05, 0) is 104 Å². The molecule has 1 unspecified atom stereocenters. The number of hydrogen-bond donors (Lipinski definition) is 0. The zero-order chi connectivity index (χ0) is 20.6. The van der Waals surface area contributed by atoms with E-state index in [9.17, 15) is 4.79 Å². The first-order valence-electron chi connectivity index (χ1n) is 12.9. The van der Waals surface area contributed by atoms with E-state index in [1.807, 2.05) is 0 Å². The molecular formula is C27H44O2. The molecular weight excluding hydrogens is 356 g/mol. The second-order valence-electron chi connectivity index (χ2n) is 12.7. The summed E-state index contributed by atoms with van der Waals surface area (Å²) in [6, 6.07) is 0. The Balaban J connectivity index is 1.35. The molecule has 0 aromatic carbocycles. The van der Waals surface area contributed by atoms with Gasteiger partial charge in [0.25, 0.3) is 0 Å². The Kier molecular flexibility index (Phi) is 5.01. The van der Waals surface area contributed by atoms with Crippen molar-refractivity contribution < 1.29 is 9.53 Å². The van der Waals surface area contributed by atoms with Crippen LogP contribution in [0.25, 0.3) is 0 Å². The summed E-state index contributed by atoms with van der Waals surface area (Å²) in [6.07, 6.45) is 13.3. The van der Waals surface area contributed by atoms with Crippen molar-refractivity contribution in [3.63, 3.8) is 0 Å². The third-order valence-corrected chi connectivity index (χ3v) is 11.1. The Morgan fingerprint density at radius 2 is 1.86 bits per heavy atom. The minimum Gasteiger partial charge on any atom is -0.374 e. The molecule has 0 radical (unpaired) electrons. The van der Waals surface area contributed by atoms with Crippen LogP contribution in [-0.2, 0) is 9.53 Å². The highest BCUT2D eigenvalue weighted by Gasteiger charge is 2.65. The topological polar surface area (TPSA) is 26.3 Å². The average Bonchev–Trinajstić information content (AvgIpc) is 3.14. The second-order valence-corrected chi connectivity index (χ2v) is 12.7. The number of ether oxygens (including phenoxy) is 1. The fraction of sp³-hybridized carbons (Fsp3) is 0.963. The summed E-state index contributed by atoms with van der Waals surface area (Å²) in [4.78, 5) is 12.1. The summed E-state index contributed by atoms with van der Waals surface area (Å²) in [5.74, 6) is 6.11. The quantitative estimate of drug-likeness (QED) is 0.529. The van der Waals surface area contributed by atoms with Gasteiger partial charge in [-0.2, -0.15) is 0 Å². The van der Waals surface area contributed by atoms with Gasteiger partial charge < -0.3 is 4.74 Å². The molecule has 1 saturated heterocycles. The van der Waals surface area contributed by atoms with Crippen molar-refractivity contribution in [3.05, 3.63) is 0 Å². The summed E-state index contributed by atoms with van der Waals surface area (Å²) in [5.41, 5.74) is 0.924. The van der Waals surface area contributed by atoms with Crippen molar-refractivity contribution in [1.82, 2.24) is 0 Å². The summed E-state index contributed by atoms with van der Waals surface area (Å²) in [7, 11) is 0. The van der Waals surface area contributed by atoms with E-state index in [0.29, 0.717) is 34.7 Å². The van der Waals surface area contributed by atoms with E-state index in [4.69, 9.17) is 4.74 Å². The van der Waals surface area contributed by atoms with Crippen molar-refractivity contribution in [2.45, 2.75) is 111 Å². The molecule has 5 fully saturated rings. The van der Waals surface area contributed by atoms with Crippen molar-refractivity contribution >= 4 is 5.78 Å². The van der Waals surface area contributed by atoms with Crippen LogP contribution in [0.15, 0.2) is 0 Å². The van der Waals surface area contributed by atoms with Gasteiger partial charge in [-0.3, -0.25) is 4.79 Å². The maximum Gasteiger partial charge on any atom is 0.133 e. The number of ketones is 1. The monoisotopic (exact) mass is 400 g/mol. The molecule has 4 aliphatic carbocycles. The van der Waals surface area contributed by atoms with Gasteiger partial charge in [0.15, 0.2) is 0 Å². The first-order valence-corrected chi connectivity index (χ1v) is 12.9. The fourth-order valence-corrected chi connectivity index (χ4v) is 9.56. The first-order chi connectivity index (χ1) is 13.7. The third kappa shape index (κ3) is 3.01. The Morgan fingerprint density at radius 3 is 2.62 bits per heavy atom. The lowest BCUT2D eigenvalue weighted by Crippen LogP contribution is -2.54. The molecule has 5 aliphatic rings. The largest absolute Gasteiger partial charge is 0.374 e. The molecule has 0 spiro atoms.